The topological polar surface area (TPSA) is 30.5 Å². The van der Waals surface area contributed by atoms with Gasteiger partial charge in [0, 0.05) is 17.6 Å². The highest BCUT2D eigenvalue weighted by molar-refractivity contribution is 9.10. The zero-order valence-electron chi connectivity index (χ0n) is 13.1. The molecular weight excluding hydrogens is 318 g/mol. The Labute approximate surface area is 131 Å². The first-order valence-corrected chi connectivity index (χ1v) is 7.91. The van der Waals surface area contributed by atoms with E-state index in [-0.39, 0.29) is 12.1 Å². The molecule has 0 aliphatic carbocycles. The lowest BCUT2D eigenvalue weighted by atomic mass is 9.93. The number of nitrogens with one attached hydrogen (secondary N) is 1. The van der Waals surface area contributed by atoms with E-state index in [4.69, 9.17) is 9.47 Å². The first kappa shape index (κ1) is 17.5. The molecule has 20 heavy (non-hydrogen) atoms. The Balaban J connectivity index is 2.94. The normalized spacial score (nSPS) is 14.3. The first-order chi connectivity index (χ1) is 9.53. The van der Waals surface area contributed by atoms with Gasteiger partial charge in [0.2, 0.25) is 0 Å². The van der Waals surface area contributed by atoms with Crippen molar-refractivity contribution in [2.45, 2.75) is 39.3 Å². The summed E-state index contributed by atoms with van der Waals surface area (Å²) in [7, 11) is 3.48. The Bertz CT molecular complexity index is 409. The zero-order valence-corrected chi connectivity index (χ0v) is 14.7. The van der Waals surface area contributed by atoms with Gasteiger partial charge in [-0.1, -0.05) is 36.7 Å². The van der Waals surface area contributed by atoms with Crippen LogP contribution in [0.2, 0.25) is 0 Å². The molecular formula is C16H26BrNO2. The third-order valence-corrected chi connectivity index (χ3v) is 4.26. The molecule has 2 atom stereocenters. The summed E-state index contributed by atoms with van der Waals surface area (Å²) in [6.45, 7) is 7.44. The van der Waals surface area contributed by atoms with Crippen LogP contribution in [0.5, 0.6) is 5.75 Å². The van der Waals surface area contributed by atoms with Crippen molar-refractivity contribution >= 4 is 15.9 Å². The van der Waals surface area contributed by atoms with Gasteiger partial charge in [-0.15, -0.1) is 0 Å². The molecule has 2 unspecified atom stereocenters. The van der Waals surface area contributed by atoms with Gasteiger partial charge in [0.05, 0.1) is 13.2 Å². The maximum atomic E-state index is 5.69. The standard InChI is InChI=1S/C16H26BrNO2/c1-6-18-15(16(20-5)11(2)3)10-12-9-13(19-4)7-8-14(12)17/h7-9,11,15-16,18H,6,10H2,1-5H3. The van der Waals surface area contributed by atoms with Crippen molar-refractivity contribution in [3.8, 4) is 5.75 Å². The summed E-state index contributed by atoms with van der Waals surface area (Å²) in [5, 5.41) is 3.54. The number of halogens is 1. The van der Waals surface area contributed by atoms with E-state index in [1.54, 1.807) is 14.2 Å². The first-order valence-electron chi connectivity index (χ1n) is 7.12. The number of hydrogen-bond acceptors (Lipinski definition) is 3. The lowest BCUT2D eigenvalue weighted by molar-refractivity contribution is 0.0336. The third-order valence-electron chi connectivity index (χ3n) is 3.48. The van der Waals surface area contributed by atoms with Gasteiger partial charge < -0.3 is 14.8 Å². The number of methoxy groups -OCH3 is 2. The number of likely N-dealkylation sites (N-methyl/N-ethyl adjacent to an activating group) is 1. The maximum Gasteiger partial charge on any atom is 0.119 e. The molecule has 1 aromatic rings. The maximum absolute atomic E-state index is 5.69. The van der Waals surface area contributed by atoms with Crippen molar-refractivity contribution in [3.63, 3.8) is 0 Å². The molecule has 0 heterocycles. The second-order valence-corrected chi connectivity index (χ2v) is 6.12. The van der Waals surface area contributed by atoms with Crippen molar-refractivity contribution in [1.82, 2.24) is 5.32 Å². The Morgan fingerprint density at radius 1 is 1.25 bits per heavy atom. The average molecular weight is 344 g/mol. The van der Waals surface area contributed by atoms with E-state index in [2.05, 4.69) is 48.1 Å². The number of ether oxygens (including phenoxy) is 2. The van der Waals surface area contributed by atoms with Crippen LogP contribution in [0.4, 0.5) is 0 Å². The molecule has 0 amide bonds. The van der Waals surface area contributed by atoms with Crippen molar-refractivity contribution in [1.29, 1.82) is 0 Å². The fraction of sp³-hybridized carbons (Fsp3) is 0.625. The fourth-order valence-electron chi connectivity index (χ4n) is 2.54. The summed E-state index contributed by atoms with van der Waals surface area (Å²) in [5.74, 6) is 1.35. The van der Waals surface area contributed by atoms with Crippen LogP contribution in [0.25, 0.3) is 0 Å². The lowest BCUT2D eigenvalue weighted by Gasteiger charge is -2.30. The predicted octanol–water partition coefficient (Wildman–Crippen LogP) is 3.65. The molecule has 0 radical (unpaired) electrons. The molecule has 0 aromatic heterocycles. The van der Waals surface area contributed by atoms with Gasteiger partial charge in [-0.2, -0.15) is 0 Å². The Hall–Kier alpha value is -0.580. The van der Waals surface area contributed by atoms with Crippen molar-refractivity contribution in [3.05, 3.63) is 28.2 Å². The summed E-state index contributed by atoms with van der Waals surface area (Å²) < 4.78 is 12.1. The lowest BCUT2D eigenvalue weighted by Crippen LogP contribution is -2.45. The molecule has 0 saturated carbocycles. The van der Waals surface area contributed by atoms with Gasteiger partial charge in [0.25, 0.3) is 0 Å². The summed E-state index contributed by atoms with van der Waals surface area (Å²) >= 11 is 3.62. The monoisotopic (exact) mass is 343 g/mol. The van der Waals surface area contributed by atoms with Crippen LogP contribution in [0.1, 0.15) is 26.3 Å². The zero-order chi connectivity index (χ0) is 15.1. The summed E-state index contributed by atoms with van der Waals surface area (Å²) in [6.07, 6.45) is 1.09. The second kappa shape index (κ2) is 8.65. The van der Waals surface area contributed by atoms with Gasteiger partial charge >= 0.3 is 0 Å². The molecule has 0 aliphatic rings. The minimum atomic E-state index is 0.188. The highest BCUT2D eigenvalue weighted by atomic mass is 79.9. The van der Waals surface area contributed by atoms with Crippen LogP contribution in [0.15, 0.2) is 22.7 Å². The van der Waals surface area contributed by atoms with E-state index in [1.165, 1.54) is 5.56 Å². The molecule has 3 nitrogen and oxygen atoms in total. The summed E-state index contributed by atoms with van der Waals surface area (Å²) in [4.78, 5) is 0. The van der Waals surface area contributed by atoms with Gasteiger partial charge in [-0.25, -0.2) is 0 Å². The van der Waals surface area contributed by atoms with E-state index in [1.807, 2.05) is 12.1 Å². The Morgan fingerprint density at radius 2 is 1.95 bits per heavy atom. The molecule has 0 bridgehead atoms. The van der Waals surface area contributed by atoms with E-state index in [0.717, 1.165) is 23.2 Å². The van der Waals surface area contributed by atoms with Crippen LogP contribution < -0.4 is 10.1 Å². The molecule has 0 fully saturated rings. The summed E-state index contributed by atoms with van der Waals surface area (Å²) in [5.41, 5.74) is 1.23. The molecule has 1 N–H and O–H groups in total. The quantitative estimate of drug-likeness (QED) is 0.781. The van der Waals surface area contributed by atoms with Gasteiger partial charge in [-0.3, -0.25) is 0 Å². The molecule has 1 rings (SSSR count). The molecule has 0 spiro atoms. The van der Waals surface area contributed by atoms with E-state index >= 15 is 0 Å². The number of hydrogen-bond donors (Lipinski definition) is 1. The average Bonchev–Trinajstić information content (AvgIpc) is 2.41. The van der Waals surface area contributed by atoms with Crippen LogP contribution in [0, 0.1) is 5.92 Å². The van der Waals surface area contributed by atoms with Crippen molar-refractivity contribution in [2.24, 2.45) is 5.92 Å². The predicted molar refractivity (Wildman–Crippen MR) is 87.5 cm³/mol. The minimum absolute atomic E-state index is 0.188. The molecule has 114 valence electrons. The fourth-order valence-corrected chi connectivity index (χ4v) is 2.95. The van der Waals surface area contributed by atoms with Crippen LogP contribution in [-0.2, 0) is 11.2 Å². The Kier molecular flexibility index (Phi) is 7.56. The minimum Gasteiger partial charge on any atom is -0.497 e. The molecule has 1 aromatic carbocycles. The van der Waals surface area contributed by atoms with Crippen molar-refractivity contribution < 1.29 is 9.47 Å². The van der Waals surface area contributed by atoms with Gasteiger partial charge in [0.15, 0.2) is 0 Å². The van der Waals surface area contributed by atoms with Crippen LogP contribution in [-0.4, -0.2) is 32.9 Å². The second-order valence-electron chi connectivity index (χ2n) is 5.27. The van der Waals surface area contributed by atoms with Gasteiger partial charge in [-0.05, 0) is 42.6 Å². The van der Waals surface area contributed by atoms with E-state index < -0.39 is 0 Å². The van der Waals surface area contributed by atoms with Gasteiger partial charge in [0.1, 0.15) is 5.75 Å². The van der Waals surface area contributed by atoms with E-state index in [0.29, 0.717) is 5.92 Å². The third kappa shape index (κ3) is 4.76. The number of rotatable bonds is 8. The van der Waals surface area contributed by atoms with E-state index in [9.17, 15) is 0 Å². The SMILES string of the molecule is CCNC(Cc1cc(OC)ccc1Br)C(OC)C(C)C. The smallest absolute Gasteiger partial charge is 0.119 e. The number of benzene rings is 1. The molecule has 4 heteroatoms. The Morgan fingerprint density at radius 3 is 2.45 bits per heavy atom. The van der Waals surface area contributed by atoms with Crippen LogP contribution in [0.3, 0.4) is 0 Å². The highest BCUT2D eigenvalue weighted by Gasteiger charge is 2.24. The molecule has 0 saturated heterocycles. The van der Waals surface area contributed by atoms with Crippen LogP contribution >= 0.6 is 15.9 Å². The highest BCUT2D eigenvalue weighted by Crippen LogP contribution is 2.25. The van der Waals surface area contributed by atoms with Crippen molar-refractivity contribution in [2.75, 3.05) is 20.8 Å². The largest absolute Gasteiger partial charge is 0.497 e. The molecule has 0 aliphatic heterocycles. The summed E-state index contributed by atoms with van der Waals surface area (Å²) in [6, 6.07) is 6.37.